The van der Waals surface area contributed by atoms with Gasteiger partial charge in [-0.25, -0.2) is 19.2 Å². The molecule has 4 aromatic rings. The second kappa shape index (κ2) is 14.4. The molecule has 2 amide bonds. The van der Waals surface area contributed by atoms with E-state index in [1.165, 1.54) is 30.3 Å². The summed E-state index contributed by atoms with van der Waals surface area (Å²) >= 11 is 0. The van der Waals surface area contributed by atoms with E-state index in [4.69, 9.17) is 27.8 Å². The zero-order chi connectivity index (χ0) is 38.0. The highest BCUT2D eigenvalue weighted by atomic mass is 16.8. The minimum Gasteiger partial charge on any atom is -0.504 e. The first-order valence-corrected chi connectivity index (χ1v) is 15.6. The van der Waals surface area contributed by atoms with Crippen molar-refractivity contribution < 1.29 is 57.2 Å². The predicted molar refractivity (Wildman–Crippen MR) is 181 cm³/mol. The number of hydrogen-bond acceptors (Lipinski definition) is 14. The second-order valence-electron chi connectivity index (χ2n) is 13.8. The average molecular weight is 711 g/mol. The number of hydrogen-bond donors (Lipinski definition) is 4. The second-order valence-corrected chi connectivity index (χ2v) is 13.8. The van der Waals surface area contributed by atoms with Crippen LogP contribution in [0.15, 0.2) is 54.8 Å². The summed E-state index contributed by atoms with van der Waals surface area (Å²) in [6, 6.07) is 6.15. The van der Waals surface area contributed by atoms with Gasteiger partial charge in [0.1, 0.15) is 28.5 Å². The molecule has 16 heteroatoms. The molecule has 0 unspecified atom stereocenters. The van der Waals surface area contributed by atoms with Crippen LogP contribution >= 0.6 is 0 Å². The van der Waals surface area contributed by atoms with Crippen molar-refractivity contribution in [3.63, 3.8) is 0 Å². The molecule has 4 rings (SSSR count). The summed E-state index contributed by atoms with van der Waals surface area (Å²) in [5, 5.41) is 24.9. The molecule has 0 spiro atoms. The van der Waals surface area contributed by atoms with Crippen LogP contribution in [0.25, 0.3) is 21.9 Å². The van der Waals surface area contributed by atoms with E-state index in [9.17, 15) is 39.0 Å². The predicted octanol–water partition coefficient (Wildman–Crippen LogP) is 5.72. The van der Waals surface area contributed by atoms with E-state index in [-0.39, 0.29) is 45.7 Å². The van der Waals surface area contributed by atoms with Crippen LogP contribution in [0.3, 0.4) is 0 Å². The Labute approximate surface area is 290 Å². The third kappa shape index (κ3) is 9.55. The number of rotatable bonds is 8. The lowest BCUT2D eigenvalue weighted by Crippen LogP contribution is -2.46. The van der Waals surface area contributed by atoms with Crippen molar-refractivity contribution in [2.24, 2.45) is 5.92 Å². The number of nitrogens with one attached hydrogen (secondary N) is 2. The molecule has 0 aliphatic rings. The highest BCUT2D eigenvalue weighted by molar-refractivity contribution is 6.03. The van der Waals surface area contributed by atoms with E-state index < -0.39 is 75.4 Å². The molecule has 0 saturated heterocycles. The Balaban J connectivity index is 1.67. The number of anilines is 1. The zero-order valence-corrected chi connectivity index (χ0v) is 29.1. The van der Waals surface area contributed by atoms with Crippen molar-refractivity contribution >= 4 is 51.8 Å². The molecule has 1 atom stereocenters. The van der Waals surface area contributed by atoms with Crippen LogP contribution in [-0.4, -0.2) is 51.6 Å². The summed E-state index contributed by atoms with van der Waals surface area (Å²) in [7, 11) is 0. The van der Waals surface area contributed by atoms with Gasteiger partial charge in [-0.05, 0) is 90.3 Å². The third-order valence-corrected chi connectivity index (χ3v) is 6.67. The fraction of sp³-hybridized carbons (Fsp3) is 0.371. The van der Waals surface area contributed by atoms with Gasteiger partial charge in [0.05, 0.1) is 0 Å². The minimum absolute atomic E-state index is 0.0581. The molecular formula is C35H38N2O14. The zero-order valence-electron chi connectivity index (χ0n) is 29.1. The molecular weight excluding hydrogens is 672 g/mol. The fourth-order valence-electron chi connectivity index (χ4n) is 4.60. The summed E-state index contributed by atoms with van der Waals surface area (Å²) in [4.78, 5) is 77.8. The number of carbonyl (C=O) groups excluding carboxylic acids is 4. The van der Waals surface area contributed by atoms with Gasteiger partial charge in [-0.15, -0.1) is 0 Å². The molecule has 0 aliphatic carbocycles. The average Bonchev–Trinajstić information content (AvgIpc) is 2.98. The first-order chi connectivity index (χ1) is 23.6. The van der Waals surface area contributed by atoms with Crippen LogP contribution in [0.4, 0.5) is 15.3 Å². The summed E-state index contributed by atoms with van der Waals surface area (Å²) < 4.78 is 31.5. The maximum Gasteiger partial charge on any atom is 0.514 e. The van der Waals surface area contributed by atoms with E-state index in [2.05, 4.69) is 10.6 Å². The molecule has 2 aromatic carbocycles. The molecule has 2 heterocycles. The van der Waals surface area contributed by atoms with Gasteiger partial charge in [-0.1, -0.05) is 13.8 Å². The number of amides is 2. The standard InChI is InChI=1S/C35H38N2O14/c1-16(2)13-20(29(41)37-21-15-18-9-11-22(38)24(39)25(18)47-31(21)43)36-28(40)19-14-17-10-12-23(46-32(44)50-34(3,4)5)27(26(17)48-30(19)42)49-33(45)51-35(6,7)8/h9-12,14-16,20,38-39H,13H2,1-8H3,(H,36,40)(H,37,41)/t20-/m1/s1. The van der Waals surface area contributed by atoms with E-state index in [0.29, 0.717) is 0 Å². The lowest BCUT2D eigenvalue weighted by atomic mass is 10.0. The van der Waals surface area contributed by atoms with Gasteiger partial charge in [0.15, 0.2) is 22.7 Å². The monoisotopic (exact) mass is 710 g/mol. The topological polar surface area (TPSA) is 230 Å². The number of aromatic hydroxyl groups is 2. The Morgan fingerprint density at radius 3 is 1.96 bits per heavy atom. The van der Waals surface area contributed by atoms with Gasteiger partial charge in [-0.2, -0.15) is 0 Å². The van der Waals surface area contributed by atoms with E-state index in [0.717, 1.165) is 6.07 Å². The van der Waals surface area contributed by atoms with Crippen molar-refractivity contribution in [1.29, 1.82) is 0 Å². The molecule has 2 aromatic heterocycles. The third-order valence-electron chi connectivity index (χ3n) is 6.67. The van der Waals surface area contributed by atoms with Crippen molar-refractivity contribution in [1.82, 2.24) is 5.32 Å². The van der Waals surface area contributed by atoms with Crippen molar-refractivity contribution in [2.45, 2.75) is 79.1 Å². The Bertz CT molecular complexity index is 2130. The van der Waals surface area contributed by atoms with Crippen LogP contribution in [0.5, 0.6) is 23.0 Å². The smallest absolute Gasteiger partial charge is 0.504 e. The van der Waals surface area contributed by atoms with E-state index in [1.807, 2.05) is 0 Å². The summed E-state index contributed by atoms with van der Waals surface area (Å²) in [6.45, 7) is 13.1. The molecule has 272 valence electrons. The number of ether oxygens (including phenoxy) is 4. The van der Waals surface area contributed by atoms with Crippen LogP contribution in [0.2, 0.25) is 0 Å². The number of benzene rings is 2. The highest BCUT2D eigenvalue weighted by Gasteiger charge is 2.29. The molecule has 0 aliphatic heterocycles. The van der Waals surface area contributed by atoms with Crippen molar-refractivity contribution in [2.75, 3.05) is 5.32 Å². The molecule has 51 heavy (non-hydrogen) atoms. The first-order valence-electron chi connectivity index (χ1n) is 15.6. The number of phenols is 2. The fourth-order valence-corrected chi connectivity index (χ4v) is 4.60. The Morgan fingerprint density at radius 1 is 0.784 bits per heavy atom. The molecule has 0 bridgehead atoms. The Kier molecular flexibility index (Phi) is 10.7. The van der Waals surface area contributed by atoms with Crippen LogP contribution < -0.4 is 31.4 Å². The maximum atomic E-state index is 13.5. The van der Waals surface area contributed by atoms with Gasteiger partial charge in [0, 0.05) is 10.8 Å². The van der Waals surface area contributed by atoms with Crippen molar-refractivity contribution in [3.05, 3.63) is 62.8 Å². The first kappa shape index (κ1) is 37.8. The molecule has 0 saturated carbocycles. The number of carbonyl (C=O) groups is 4. The number of fused-ring (bicyclic) bond motifs is 2. The number of phenolic OH excluding ortho intramolecular Hbond substituents is 2. The Morgan fingerprint density at radius 2 is 1.35 bits per heavy atom. The Hall–Kier alpha value is -6.06. The summed E-state index contributed by atoms with van der Waals surface area (Å²) in [6.07, 6.45) is -2.29. The summed E-state index contributed by atoms with van der Waals surface area (Å²) in [5.74, 6) is -4.03. The normalized spacial score (nSPS) is 12.3. The molecule has 4 N–H and O–H groups in total. The quantitative estimate of drug-likeness (QED) is 0.0742. The van der Waals surface area contributed by atoms with Crippen LogP contribution in [-0.2, 0) is 14.3 Å². The van der Waals surface area contributed by atoms with Gasteiger partial charge in [-0.3, -0.25) is 9.59 Å². The molecule has 0 fully saturated rings. The minimum atomic E-state index is -1.27. The van der Waals surface area contributed by atoms with Gasteiger partial charge >= 0.3 is 23.6 Å². The SMILES string of the molecule is CC(C)C[C@@H](NC(=O)c1cc2ccc(OC(=O)OC(C)(C)C)c(OC(=O)OC(C)(C)C)c2oc1=O)C(=O)Nc1cc2ccc(O)c(O)c2oc1=O. The maximum absolute atomic E-state index is 13.5. The molecule has 0 radical (unpaired) electrons. The lowest BCUT2D eigenvalue weighted by molar-refractivity contribution is -0.118. The van der Waals surface area contributed by atoms with Crippen molar-refractivity contribution in [3.8, 4) is 23.0 Å². The lowest BCUT2D eigenvalue weighted by Gasteiger charge is -2.21. The largest absolute Gasteiger partial charge is 0.514 e. The van der Waals surface area contributed by atoms with Crippen LogP contribution in [0.1, 0.15) is 72.2 Å². The van der Waals surface area contributed by atoms with Gasteiger partial charge in [0.25, 0.3) is 5.91 Å². The highest BCUT2D eigenvalue weighted by Crippen LogP contribution is 2.37. The van der Waals surface area contributed by atoms with Gasteiger partial charge < -0.3 is 48.6 Å². The van der Waals surface area contributed by atoms with Gasteiger partial charge in [0.2, 0.25) is 17.4 Å². The van der Waals surface area contributed by atoms with E-state index in [1.54, 1.807) is 55.4 Å². The molecule has 16 nitrogen and oxygen atoms in total. The summed E-state index contributed by atoms with van der Waals surface area (Å²) in [5.41, 5.74) is -5.67. The van der Waals surface area contributed by atoms with Crippen LogP contribution in [0, 0.1) is 5.92 Å². The van der Waals surface area contributed by atoms with E-state index >= 15 is 0 Å².